The lowest BCUT2D eigenvalue weighted by Gasteiger charge is -2.04. The van der Waals surface area contributed by atoms with Crippen molar-refractivity contribution in [2.45, 2.75) is 6.92 Å². The molecular formula is C21H18N2O. The first kappa shape index (κ1) is 15.7. The number of nitrogens with one attached hydrogen (secondary N) is 1. The third-order valence-corrected chi connectivity index (χ3v) is 3.66. The van der Waals surface area contributed by atoms with Gasteiger partial charge in [-0.1, -0.05) is 72.8 Å². The van der Waals surface area contributed by atoms with Crippen LogP contribution in [-0.2, 0) is 0 Å². The molecule has 24 heavy (non-hydrogen) atoms. The van der Waals surface area contributed by atoms with Gasteiger partial charge >= 0.3 is 0 Å². The molecule has 0 radical (unpaired) electrons. The van der Waals surface area contributed by atoms with Crippen molar-refractivity contribution in [1.29, 1.82) is 0 Å². The molecule has 0 unspecified atom stereocenters. The molecule has 0 aliphatic heterocycles. The number of carbonyl (C=O) groups excluding carboxylic acids is 1. The van der Waals surface area contributed by atoms with Crippen molar-refractivity contribution in [3.8, 4) is 0 Å². The smallest absolute Gasteiger partial charge is 0.267 e. The number of nitrogens with zero attached hydrogens (tertiary/aromatic N) is 1. The molecule has 0 aliphatic carbocycles. The van der Waals surface area contributed by atoms with E-state index in [9.17, 15) is 4.79 Å². The number of benzene rings is 3. The van der Waals surface area contributed by atoms with Gasteiger partial charge < -0.3 is 0 Å². The number of fused-ring (bicyclic) bond motifs is 1. The minimum absolute atomic E-state index is 0.212. The molecule has 3 nitrogen and oxygen atoms in total. The van der Waals surface area contributed by atoms with Gasteiger partial charge in [-0.3, -0.25) is 4.79 Å². The molecule has 0 atom stereocenters. The van der Waals surface area contributed by atoms with E-state index in [1.54, 1.807) is 12.3 Å². The SMILES string of the molecule is CC(/C=N\NC(=O)c1cccc2ccccc12)=C/c1ccccc1. The fraction of sp³-hybridized carbons (Fsp3) is 0.0476. The molecule has 0 heterocycles. The van der Waals surface area contributed by atoms with Gasteiger partial charge in [-0.15, -0.1) is 0 Å². The standard InChI is InChI=1S/C21H18N2O/c1-16(14-17-8-3-2-4-9-17)15-22-23-21(24)20-13-7-11-18-10-5-6-12-19(18)20/h2-15H,1H3,(H,23,24)/b16-14-,22-15-. The molecule has 1 amide bonds. The molecule has 3 aromatic carbocycles. The Labute approximate surface area is 141 Å². The summed E-state index contributed by atoms with van der Waals surface area (Å²) in [4.78, 5) is 12.4. The van der Waals surface area contributed by atoms with E-state index in [1.165, 1.54) is 0 Å². The zero-order valence-electron chi connectivity index (χ0n) is 13.4. The van der Waals surface area contributed by atoms with Crippen LogP contribution in [0.2, 0.25) is 0 Å². The maximum absolute atomic E-state index is 12.4. The minimum atomic E-state index is -0.212. The predicted molar refractivity (Wildman–Crippen MR) is 100.0 cm³/mol. The van der Waals surface area contributed by atoms with E-state index >= 15 is 0 Å². The average Bonchev–Trinajstić information content (AvgIpc) is 2.62. The van der Waals surface area contributed by atoms with Crippen LogP contribution in [0.4, 0.5) is 0 Å². The molecule has 0 fully saturated rings. The van der Waals surface area contributed by atoms with E-state index in [0.29, 0.717) is 5.56 Å². The van der Waals surface area contributed by atoms with Gasteiger partial charge in [0, 0.05) is 5.56 Å². The number of hydrogen-bond donors (Lipinski definition) is 1. The zero-order chi connectivity index (χ0) is 16.8. The highest BCUT2D eigenvalue weighted by Gasteiger charge is 2.08. The highest BCUT2D eigenvalue weighted by molar-refractivity contribution is 6.07. The molecule has 0 saturated heterocycles. The average molecular weight is 314 g/mol. The van der Waals surface area contributed by atoms with Gasteiger partial charge in [0.05, 0.1) is 6.21 Å². The van der Waals surface area contributed by atoms with Crippen LogP contribution in [0.15, 0.2) is 83.5 Å². The van der Waals surface area contributed by atoms with Crippen LogP contribution >= 0.6 is 0 Å². The summed E-state index contributed by atoms with van der Waals surface area (Å²) >= 11 is 0. The van der Waals surface area contributed by atoms with Gasteiger partial charge in [-0.25, -0.2) is 5.43 Å². The Hall–Kier alpha value is -3.20. The van der Waals surface area contributed by atoms with E-state index in [4.69, 9.17) is 0 Å². The van der Waals surface area contributed by atoms with Crippen molar-refractivity contribution in [3.63, 3.8) is 0 Å². The molecule has 0 saturated carbocycles. The summed E-state index contributed by atoms with van der Waals surface area (Å²) in [5, 5.41) is 6.01. The second kappa shape index (κ2) is 7.38. The van der Waals surface area contributed by atoms with Crippen molar-refractivity contribution in [3.05, 3.63) is 89.5 Å². The Bertz CT molecular complexity index is 906. The molecule has 0 aromatic heterocycles. The first-order chi connectivity index (χ1) is 11.7. The first-order valence-electron chi connectivity index (χ1n) is 7.78. The normalized spacial score (nSPS) is 11.8. The third kappa shape index (κ3) is 3.76. The second-order valence-corrected chi connectivity index (χ2v) is 5.52. The quantitative estimate of drug-likeness (QED) is 0.552. The van der Waals surface area contributed by atoms with Gasteiger partial charge in [0.1, 0.15) is 0 Å². The lowest BCUT2D eigenvalue weighted by molar-refractivity contribution is 0.0957. The Kier molecular flexibility index (Phi) is 4.82. The molecule has 3 heteroatoms. The highest BCUT2D eigenvalue weighted by atomic mass is 16.2. The van der Waals surface area contributed by atoms with Crippen LogP contribution in [0.5, 0.6) is 0 Å². The molecular weight excluding hydrogens is 296 g/mol. The van der Waals surface area contributed by atoms with Gasteiger partial charge in [0.25, 0.3) is 5.91 Å². The van der Waals surface area contributed by atoms with Crippen molar-refractivity contribution in [2.75, 3.05) is 0 Å². The van der Waals surface area contributed by atoms with E-state index in [1.807, 2.05) is 79.7 Å². The monoisotopic (exact) mass is 314 g/mol. The Morgan fingerprint density at radius 1 is 0.917 bits per heavy atom. The Balaban J connectivity index is 1.72. The number of rotatable bonds is 4. The lowest BCUT2D eigenvalue weighted by atomic mass is 10.0. The first-order valence-corrected chi connectivity index (χ1v) is 7.78. The summed E-state index contributed by atoms with van der Waals surface area (Å²) < 4.78 is 0. The summed E-state index contributed by atoms with van der Waals surface area (Å²) in [7, 11) is 0. The number of hydrazone groups is 1. The fourth-order valence-corrected chi connectivity index (χ4v) is 2.53. The maximum Gasteiger partial charge on any atom is 0.271 e. The largest absolute Gasteiger partial charge is 0.271 e. The van der Waals surface area contributed by atoms with Crippen LogP contribution < -0.4 is 5.43 Å². The van der Waals surface area contributed by atoms with E-state index in [2.05, 4.69) is 10.5 Å². The van der Waals surface area contributed by atoms with E-state index in [0.717, 1.165) is 21.9 Å². The fourth-order valence-electron chi connectivity index (χ4n) is 2.53. The van der Waals surface area contributed by atoms with E-state index < -0.39 is 0 Å². The number of carbonyl (C=O) groups is 1. The topological polar surface area (TPSA) is 41.5 Å². The highest BCUT2D eigenvalue weighted by Crippen LogP contribution is 2.18. The summed E-state index contributed by atoms with van der Waals surface area (Å²) in [6.45, 7) is 1.95. The van der Waals surface area contributed by atoms with Crippen molar-refractivity contribution < 1.29 is 4.79 Å². The molecule has 3 rings (SSSR count). The van der Waals surface area contributed by atoms with Crippen molar-refractivity contribution in [1.82, 2.24) is 5.43 Å². The van der Waals surface area contributed by atoms with Crippen LogP contribution in [0.25, 0.3) is 16.8 Å². The predicted octanol–water partition coefficient (Wildman–Crippen LogP) is 4.66. The summed E-state index contributed by atoms with van der Waals surface area (Å²) in [5.74, 6) is -0.212. The molecule has 1 N–H and O–H groups in total. The third-order valence-electron chi connectivity index (χ3n) is 3.66. The van der Waals surface area contributed by atoms with Crippen LogP contribution in [0.1, 0.15) is 22.8 Å². The van der Waals surface area contributed by atoms with Crippen LogP contribution in [0, 0.1) is 0 Å². The Morgan fingerprint density at radius 3 is 2.46 bits per heavy atom. The molecule has 0 aliphatic rings. The van der Waals surface area contributed by atoms with Crippen LogP contribution in [0.3, 0.4) is 0 Å². The zero-order valence-corrected chi connectivity index (χ0v) is 13.4. The lowest BCUT2D eigenvalue weighted by Crippen LogP contribution is -2.17. The van der Waals surface area contributed by atoms with Crippen LogP contribution in [-0.4, -0.2) is 12.1 Å². The van der Waals surface area contributed by atoms with Gasteiger partial charge in [0.15, 0.2) is 0 Å². The molecule has 0 bridgehead atoms. The number of allylic oxidation sites excluding steroid dienone is 1. The number of hydrogen-bond acceptors (Lipinski definition) is 2. The van der Waals surface area contributed by atoms with Gasteiger partial charge in [-0.2, -0.15) is 5.10 Å². The summed E-state index contributed by atoms with van der Waals surface area (Å²) in [6, 6.07) is 23.5. The summed E-state index contributed by atoms with van der Waals surface area (Å²) in [5.41, 5.74) is 5.27. The van der Waals surface area contributed by atoms with Gasteiger partial charge in [-0.05, 0) is 34.9 Å². The Morgan fingerprint density at radius 2 is 1.62 bits per heavy atom. The summed E-state index contributed by atoms with van der Waals surface area (Å²) in [6.07, 6.45) is 3.66. The van der Waals surface area contributed by atoms with E-state index in [-0.39, 0.29) is 5.91 Å². The minimum Gasteiger partial charge on any atom is -0.267 e. The molecule has 3 aromatic rings. The maximum atomic E-state index is 12.4. The molecule has 0 spiro atoms. The van der Waals surface area contributed by atoms with Crippen molar-refractivity contribution in [2.24, 2.45) is 5.10 Å². The molecule has 118 valence electrons. The van der Waals surface area contributed by atoms with Gasteiger partial charge in [0.2, 0.25) is 0 Å². The van der Waals surface area contributed by atoms with Crippen molar-refractivity contribution >= 4 is 29.0 Å². The number of amides is 1. The second-order valence-electron chi connectivity index (χ2n) is 5.52.